The average Bonchev–Trinajstić information content (AvgIpc) is 3.66. The van der Waals surface area contributed by atoms with E-state index >= 15 is 4.39 Å². The summed E-state index contributed by atoms with van der Waals surface area (Å²) in [5.74, 6) is 1.06. The number of ketones is 1. The van der Waals surface area contributed by atoms with Crippen molar-refractivity contribution in [3.05, 3.63) is 41.1 Å². The number of carbonyl (C=O) groups is 1. The van der Waals surface area contributed by atoms with Crippen molar-refractivity contribution in [1.82, 2.24) is 9.97 Å². The number of halogens is 1. The number of unbranched alkanes of at least 4 members (excludes halogenated alkanes) is 2. The fourth-order valence-electron chi connectivity index (χ4n) is 5.48. The van der Waals surface area contributed by atoms with Gasteiger partial charge in [-0.3, -0.25) is 0 Å². The number of nitrogens with one attached hydrogen (secondary N) is 1. The molecule has 2 aliphatic rings. The summed E-state index contributed by atoms with van der Waals surface area (Å²) in [5.41, 5.74) is 7.41. The van der Waals surface area contributed by atoms with Crippen LogP contribution in [-0.2, 0) is 4.79 Å². The normalized spacial score (nSPS) is 22.8. The van der Waals surface area contributed by atoms with Crippen molar-refractivity contribution in [2.24, 2.45) is 17.1 Å². The first kappa shape index (κ1) is 41.9. The van der Waals surface area contributed by atoms with Crippen LogP contribution in [0.2, 0.25) is 0 Å². The number of aryl methyl sites for hydroxylation is 2. The van der Waals surface area contributed by atoms with Gasteiger partial charge in [0.1, 0.15) is 23.1 Å². The maximum Gasteiger partial charge on any atom is 0.227 e. The zero-order valence-corrected chi connectivity index (χ0v) is 31.1. The molecule has 1 aliphatic heterocycles. The van der Waals surface area contributed by atoms with Crippen LogP contribution in [0, 0.1) is 36.5 Å². The number of nitrogens with two attached hydrogens (primary N) is 1. The number of carbonyl (C=O) groups excluding carboxylic acids is 1. The molecule has 0 radical (unpaired) electrons. The van der Waals surface area contributed by atoms with Gasteiger partial charge < -0.3 is 25.9 Å². The molecule has 47 heavy (non-hydrogen) atoms. The number of anilines is 3. The zero-order valence-electron chi connectivity index (χ0n) is 31.1. The van der Waals surface area contributed by atoms with Gasteiger partial charge in [0.05, 0.1) is 11.8 Å². The summed E-state index contributed by atoms with van der Waals surface area (Å²) >= 11 is 0. The molecule has 4 unspecified atom stereocenters. The maximum atomic E-state index is 15.4. The highest BCUT2D eigenvalue weighted by molar-refractivity contribution is 5.75. The van der Waals surface area contributed by atoms with E-state index in [1.54, 1.807) is 13.8 Å². The number of nitrogens with zero attached hydrogens (tertiary/aromatic N) is 4. The van der Waals surface area contributed by atoms with Gasteiger partial charge in [0, 0.05) is 42.6 Å². The van der Waals surface area contributed by atoms with Crippen LogP contribution in [0.3, 0.4) is 0 Å². The standard InChI is InChI=1S/C22H27FN6.C6H14O.C6H12O.C4H10/c1-13-5-6-17(7-14(13)2)27-19-16(9-24)10-26-20(28-19)29-11-15(3)21(4,23)22(12-29)8-18(22)25;1-4-5-6(2,3)7;1-3-4-5-6(2)7;1-3-4-2/h5-7,10,15,18H,8,11-12,25H2,1-4H3,(H,26,27,28);7H,4-5H2,1-3H3;3-5H2,1-2H3;3-4H2,1-2H3. The molecule has 4 atom stereocenters. The summed E-state index contributed by atoms with van der Waals surface area (Å²) in [7, 11) is 0. The van der Waals surface area contributed by atoms with E-state index in [1.165, 1.54) is 24.6 Å². The summed E-state index contributed by atoms with van der Waals surface area (Å²) in [6, 6.07) is 8.01. The lowest BCUT2D eigenvalue weighted by molar-refractivity contribution is -0.117. The Morgan fingerprint density at radius 2 is 1.79 bits per heavy atom. The van der Waals surface area contributed by atoms with Crippen LogP contribution in [-0.4, -0.2) is 51.3 Å². The Labute approximate surface area is 284 Å². The minimum atomic E-state index is -1.31. The lowest BCUT2D eigenvalue weighted by atomic mass is 9.74. The number of alkyl halides is 1. The molecule has 1 saturated carbocycles. The lowest BCUT2D eigenvalue weighted by Gasteiger charge is -2.46. The van der Waals surface area contributed by atoms with Gasteiger partial charge in [-0.15, -0.1) is 0 Å². The van der Waals surface area contributed by atoms with Gasteiger partial charge in [-0.1, -0.05) is 66.4 Å². The van der Waals surface area contributed by atoms with Crippen LogP contribution in [0.15, 0.2) is 24.4 Å². The minimum absolute atomic E-state index is 0.144. The van der Waals surface area contributed by atoms with Gasteiger partial charge in [-0.05, 0) is 84.1 Å². The van der Waals surface area contributed by atoms with Crippen molar-refractivity contribution in [1.29, 1.82) is 5.26 Å². The second kappa shape index (κ2) is 19.0. The first-order chi connectivity index (χ1) is 21.9. The molecule has 1 aromatic carbocycles. The van der Waals surface area contributed by atoms with E-state index in [-0.39, 0.29) is 12.0 Å². The van der Waals surface area contributed by atoms with Crippen LogP contribution >= 0.6 is 0 Å². The molecule has 9 heteroatoms. The Kier molecular flexibility index (Phi) is 17.0. The number of aromatic nitrogens is 2. The number of aliphatic hydroxyl groups is 1. The van der Waals surface area contributed by atoms with Crippen LogP contribution in [0.5, 0.6) is 0 Å². The molecular weight excluding hydrogens is 591 g/mol. The highest BCUT2D eigenvalue weighted by atomic mass is 19.1. The van der Waals surface area contributed by atoms with Gasteiger partial charge in [0.2, 0.25) is 5.95 Å². The molecule has 2 fully saturated rings. The highest BCUT2D eigenvalue weighted by Gasteiger charge is 2.68. The summed E-state index contributed by atoms with van der Waals surface area (Å²) < 4.78 is 15.4. The molecule has 1 saturated heterocycles. The average molecular weight is 655 g/mol. The first-order valence-electron chi connectivity index (χ1n) is 17.4. The number of rotatable bonds is 9. The molecule has 2 heterocycles. The molecule has 0 amide bonds. The summed E-state index contributed by atoms with van der Waals surface area (Å²) in [6.45, 7) is 22.5. The zero-order chi connectivity index (χ0) is 36.0. The van der Waals surface area contributed by atoms with E-state index in [2.05, 4.69) is 56.0 Å². The molecule has 1 spiro atoms. The molecular formula is C38H63FN6O2. The summed E-state index contributed by atoms with van der Waals surface area (Å²) in [5, 5.41) is 21.7. The Bertz CT molecular complexity index is 1300. The number of nitriles is 1. The Hall–Kier alpha value is -3.09. The van der Waals surface area contributed by atoms with Crippen molar-refractivity contribution >= 4 is 23.2 Å². The third-order valence-electron chi connectivity index (χ3n) is 9.19. The molecule has 1 aromatic heterocycles. The van der Waals surface area contributed by atoms with E-state index in [1.807, 2.05) is 50.8 Å². The third kappa shape index (κ3) is 12.8. The SMILES string of the molecule is CCCC.CCCC(C)(C)O.CCCCC(C)=O.Cc1ccc(Nc2nc(N3CC(C)C(C)(F)C4(CC4N)C3)ncc2C#N)cc1C. The molecule has 2 aromatic rings. The smallest absolute Gasteiger partial charge is 0.227 e. The fraction of sp³-hybridized carbons (Fsp3) is 0.684. The number of benzene rings is 1. The van der Waals surface area contributed by atoms with Crippen molar-refractivity contribution < 1.29 is 14.3 Å². The second-order valence-electron chi connectivity index (χ2n) is 14.2. The molecule has 4 rings (SSSR count). The molecule has 4 N–H and O–H groups in total. The molecule has 0 bridgehead atoms. The van der Waals surface area contributed by atoms with Gasteiger partial charge in [0.15, 0.2) is 5.82 Å². The van der Waals surface area contributed by atoms with Gasteiger partial charge in [-0.25, -0.2) is 9.37 Å². The molecule has 1 aliphatic carbocycles. The largest absolute Gasteiger partial charge is 0.390 e. The fourth-order valence-corrected chi connectivity index (χ4v) is 5.48. The Balaban J connectivity index is 0.000000505. The number of Topliss-reactive ketones (excluding diaryl/α,β-unsaturated/α-hetero) is 1. The molecule has 264 valence electrons. The quantitative estimate of drug-likeness (QED) is 0.245. The van der Waals surface area contributed by atoms with Crippen molar-refractivity contribution in [3.63, 3.8) is 0 Å². The predicted molar refractivity (Wildman–Crippen MR) is 194 cm³/mol. The van der Waals surface area contributed by atoms with Crippen LogP contribution < -0.4 is 16.0 Å². The van der Waals surface area contributed by atoms with Crippen molar-refractivity contribution in [3.8, 4) is 6.07 Å². The maximum absolute atomic E-state index is 15.4. The van der Waals surface area contributed by atoms with E-state index in [4.69, 9.17) is 10.8 Å². The van der Waals surface area contributed by atoms with Crippen LogP contribution in [0.1, 0.15) is 130 Å². The van der Waals surface area contributed by atoms with Gasteiger partial charge in [0.25, 0.3) is 0 Å². The Morgan fingerprint density at radius 1 is 1.17 bits per heavy atom. The van der Waals surface area contributed by atoms with E-state index < -0.39 is 16.7 Å². The van der Waals surface area contributed by atoms with Crippen molar-refractivity contribution in [2.45, 2.75) is 145 Å². The minimum Gasteiger partial charge on any atom is -0.390 e. The van der Waals surface area contributed by atoms with E-state index in [9.17, 15) is 10.1 Å². The topological polar surface area (TPSA) is 128 Å². The van der Waals surface area contributed by atoms with E-state index in [0.717, 1.165) is 43.4 Å². The number of piperidine rings is 1. The lowest BCUT2D eigenvalue weighted by Crippen LogP contribution is -2.57. The van der Waals surface area contributed by atoms with Crippen molar-refractivity contribution in [2.75, 3.05) is 23.3 Å². The Morgan fingerprint density at radius 3 is 2.19 bits per heavy atom. The number of hydrogen-bond acceptors (Lipinski definition) is 8. The van der Waals surface area contributed by atoms with Crippen LogP contribution in [0.25, 0.3) is 0 Å². The van der Waals surface area contributed by atoms with E-state index in [0.29, 0.717) is 42.6 Å². The number of hydrogen-bond donors (Lipinski definition) is 3. The summed E-state index contributed by atoms with van der Waals surface area (Å²) in [6.07, 6.45) is 9.73. The second-order valence-corrected chi connectivity index (χ2v) is 14.2. The van der Waals surface area contributed by atoms with Gasteiger partial charge >= 0.3 is 0 Å². The molecule has 8 nitrogen and oxygen atoms in total. The predicted octanol–water partition coefficient (Wildman–Crippen LogP) is 8.74. The third-order valence-corrected chi connectivity index (χ3v) is 9.19. The van der Waals surface area contributed by atoms with Gasteiger partial charge in [-0.2, -0.15) is 10.2 Å². The first-order valence-corrected chi connectivity index (χ1v) is 17.4. The summed E-state index contributed by atoms with van der Waals surface area (Å²) in [4.78, 5) is 21.2. The van der Waals surface area contributed by atoms with Crippen LogP contribution in [0.4, 0.5) is 21.8 Å². The highest BCUT2D eigenvalue weighted by Crippen LogP contribution is 2.60. The monoisotopic (exact) mass is 654 g/mol.